The fraction of sp³-hybridized carbons (Fsp3) is 0.474. The van der Waals surface area contributed by atoms with Crippen molar-refractivity contribution in [2.75, 3.05) is 0 Å². The first-order chi connectivity index (χ1) is 11.9. The molecule has 1 aromatic heterocycles. The predicted molar refractivity (Wildman–Crippen MR) is 94.2 cm³/mol. The third-order valence-electron chi connectivity index (χ3n) is 4.70. The van der Waals surface area contributed by atoms with Gasteiger partial charge in [-0.15, -0.1) is 0 Å². The van der Waals surface area contributed by atoms with Gasteiger partial charge in [-0.1, -0.05) is 39.5 Å². The number of carbonyl (C=O) groups is 1. The summed E-state index contributed by atoms with van der Waals surface area (Å²) in [4.78, 5) is 12.6. The topological polar surface area (TPSA) is 46.9 Å². The number of aromatic nitrogens is 2. The molecule has 7 heteroatoms. The fourth-order valence-electron chi connectivity index (χ4n) is 3.75. The first-order valence-corrected chi connectivity index (χ1v) is 8.38. The van der Waals surface area contributed by atoms with Gasteiger partial charge in [0.25, 0.3) is 5.91 Å². The van der Waals surface area contributed by atoms with Gasteiger partial charge in [-0.05, 0) is 35.8 Å². The number of aryl methyl sites for hydroxylation is 1. The summed E-state index contributed by atoms with van der Waals surface area (Å²) >= 11 is 0. The lowest BCUT2D eigenvalue weighted by Crippen LogP contribution is -2.27. The zero-order chi connectivity index (χ0) is 19.9. The van der Waals surface area contributed by atoms with Crippen LogP contribution in [0.2, 0.25) is 0 Å². The Bertz CT molecular complexity index is 797. The highest BCUT2D eigenvalue weighted by Gasteiger charge is 2.40. The Hall–Kier alpha value is -2.31. The molecule has 1 heterocycles. The normalized spacial score (nSPS) is 20.5. The van der Waals surface area contributed by atoms with Crippen molar-refractivity contribution in [3.8, 4) is 0 Å². The Labute approximate surface area is 151 Å². The maximum Gasteiger partial charge on any atom is 0.435 e. The minimum atomic E-state index is -4.70. The molecule has 0 radical (unpaired) electrons. The van der Waals surface area contributed by atoms with Crippen molar-refractivity contribution in [3.63, 3.8) is 0 Å². The quantitative estimate of drug-likeness (QED) is 0.844. The van der Waals surface area contributed by atoms with Gasteiger partial charge in [0.05, 0.1) is 5.56 Å². The number of hydrogen-bond acceptors (Lipinski definition) is 2. The van der Waals surface area contributed by atoms with Crippen molar-refractivity contribution in [1.29, 1.82) is 0 Å². The summed E-state index contributed by atoms with van der Waals surface area (Å²) in [5, 5.41) is 6.03. The lowest BCUT2D eigenvalue weighted by molar-refractivity contribution is -0.141. The van der Waals surface area contributed by atoms with E-state index in [-0.39, 0.29) is 11.3 Å². The highest BCUT2D eigenvalue weighted by Crippen LogP contribution is 2.48. The molecule has 0 unspecified atom stereocenters. The molecule has 1 N–H and O–H groups in total. The standard InChI is InChI=1S/C19H24F3N3O/c1-7-13-15(11(3)9-18(13,4)5)14(8-2)23-17(26)12-10-25(6)24-16(12)19(20,21)22/h7-8,10-11H,1,9H2,2-6H3,(H,23,26)/b14-8+/t11-/m1/s1. The van der Waals surface area contributed by atoms with Crippen LogP contribution >= 0.6 is 0 Å². The van der Waals surface area contributed by atoms with E-state index in [1.54, 1.807) is 19.1 Å². The SMILES string of the molecule is C=CC1=C(/C(=C\C)NC(=O)c2cn(C)nc2C(F)(F)F)[C@H](C)CC1(C)C. The fourth-order valence-corrected chi connectivity index (χ4v) is 3.75. The van der Waals surface area contributed by atoms with Crippen molar-refractivity contribution >= 4 is 5.91 Å². The summed E-state index contributed by atoms with van der Waals surface area (Å²) in [6.07, 6.45) is 0.726. The van der Waals surface area contributed by atoms with Crippen LogP contribution in [0.25, 0.3) is 0 Å². The van der Waals surface area contributed by atoms with E-state index < -0.39 is 23.3 Å². The van der Waals surface area contributed by atoms with E-state index in [0.717, 1.165) is 28.4 Å². The Balaban J connectivity index is 2.41. The molecule has 1 amide bonds. The number of nitrogens with one attached hydrogen (secondary N) is 1. The van der Waals surface area contributed by atoms with Gasteiger partial charge in [0.1, 0.15) is 0 Å². The second-order valence-electron chi connectivity index (χ2n) is 7.24. The largest absolute Gasteiger partial charge is 0.435 e. The molecule has 0 fully saturated rings. The Kier molecular flexibility index (Phi) is 5.21. The highest BCUT2D eigenvalue weighted by molar-refractivity contribution is 5.96. The Morgan fingerprint density at radius 3 is 2.58 bits per heavy atom. The summed E-state index contributed by atoms with van der Waals surface area (Å²) in [6, 6.07) is 0. The van der Waals surface area contributed by atoms with Crippen LogP contribution in [-0.2, 0) is 13.2 Å². The number of nitrogens with zero attached hydrogens (tertiary/aromatic N) is 2. The van der Waals surface area contributed by atoms with E-state index in [1.807, 2.05) is 6.92 Å². The number of alkyl halides is 3. The molecule has 1 atom stereocenters. The van der Waals surface area contributed by atoms with Gasteiger partial charge in [0.2, 0.25) is 0 Å². The molecule has 0 spiro atoms. The molecular formula is C19H24F3N3O. The van der Waals surface area contributed by atoms with Crippen LogP contribution in [0.4, 0.5) is 13.2 Å². The maximum atomic E-state index is 13.1. The zero-order valence-corrected chi connectivity index (χ0v) is 15.7. The Morgan fingerprint density at radius 2 is 2.08 bits per heavy atom. The summed E-state index contributed by atoms with van der Waals surface area (Å²) in [7, 11) is 1.35. The molecule has 0 saturated heterocycles. The molecule has 0 aliphatic heterocycles. The van der Waals surface area contributed by atoms with Gasteiger partial charge in [0, 0.05) is 18.9 Å². The summed E-state index contributed by atoms with van der Waals surface area (Å²) in [5.74, 6) is -0.674. The zero-order valence-electron chi connectivity index (χ0n) is 15.7. The summed E-state index contributed by atoms with van der Waals surface area (Å²) in [6.45, 7) is 11.8. The Morgan fingerprint density at radius 1 is 1.46 bits per heavy atom. The van der Waals surface area contributed by atoms with E-state index in [1.165, 1.54) is 7.05 Å². The summed E-state index contributed by atoms with van der Waals surface area (Å²) < 4.78 is 40.4. The van der Waals surface area contributed by atoms with Crippen LogP contribution < -0.4 is 5.32 Å². The van der Waals surface area contributed by atoms with E-state index in [2.05, 4.69) is 30.8 Å². The van der Waals surface area contributed by atoms with Gasteiger partial charge >= 0.3 is 6.18 Å². The average molecular weight is 367 g/mol. The minimum absolute atomic E-state index is 0.110. The van der Waals surface area contributed by atoms with Crippen molar-refractivity contribution in [3.05, 3.63) is 53.0 Å². The number of hydrogen-bond donors (Lipinski definition) is 1. The monoisotopic (exact) mass is 367 g/mol. The molecule has 2 rings (SSSR count). The third-order valence-corrected chi connectivity index (χ3v) is 4.70. The lowest BCUT2D eigenvalue weighted by Gasteiger charge is -2.20. The van der Waals surface area contributed by atoms with E-state index in [9.17, 15) is 18.0 Å². The van der Waals surface area contributed by atoms with E-state index >= 15 is 0 Å². The van der Waals surface area contributed by atoms with Crippen molar-refractivity contribution in [2.45, 2.75) is 40.3 Å². The number of allylic oxidation sites excluding steroid dienone is 4. The maximum absolute atomic E-state index is 13.1. The smallest absolute Gasteiger partial charge is 0.322 e. The summed E-state index contributed by atoms with van der Waals surface area (Å²) in [5.41, 5.74) is 0.635. The highest BCUT2D eigenvalue weighted by atomic mass is 19.4. The number of amides is 1. The van der Waals surface area contributed by atoms with Gasteiger partial charge in [-0.2, -0.15) is 18.3 Å². The molecule has 0 saturated carbocycles. The van der Waals surface area contributed by atoms with Crippen LogP contribution in [0.1, 0.15) is 50.2 Å². The van der Waals surface area contributed by atoms with Gasteiger partial charge < -0.3 is 5.32 Å². The van der Waals surface area contributed by atoms with Crippen molar-refractivity contribution in [2.24, 2.45) is 18.4 Å². The van der Waals surface area contributed by atoms with E-state index in [4.69, 9.17) is 0 Å². The molecular weight excluding hydrogens is 343 g/mol. The van der Waals surface area contributed by atoms with Crippen LogP contribution in [-0.4, -0.2) is 15.7 Å². The molecule has 4 nitrogen and oxygen atoms in total. The molecule has 1 aliphatic carbocycles. The molecule has 1 aliphatic rings. The number of halogens is 3. The second-order valence-corrected chi connectivity index (χ2v) is 7.24. The third kappa shape index (κ3) is 3.61. The van der Waals surface area contributed by atoms with E-state index in [0.29, 0.717) is 5.70 Å². The molecule has 142 valence electrons. The number of rotatable bonds is 4. The predicted octanol–water partition coefficient (Wildman–Crippen LogP) is 4.62. The van der Waals surface area contributed by atoms with Gasteiger partial charge in [-0.3, -0.25) is 9.48 Å². The van der Waals surface area contributed by atoms with Crippen molar-refractivity contribution < 1.29 is 18.0 Å². The van der Waals surface area contributed by atoms with Gasteiger partial charge in [0.15, 0.2) is 5.69 Å². The van der Waals surface area contributed by atoms with Crippen LogP contribution in [0.15, 0.2) is 41.8 Å². The minimum Gasteiger partial charge on any atom is -0.322 e. The molecule has 1 aromatic rings. The molecule has 0 bridgehead atoms. The van der Waals surface area contributed by atoms with Crippen LogP contribution in [0, 0.1) is 11.3 Å². The van der Waals surface area contributed by atoms with Gasteiger partial charge in [-0.25, -0.2) is 0 Å². The average Bonchev–Trinajstić information content (AvgIpc) is 3.01. The second kappa shape index (κ2) is 6.78. The first kappa shape index (κ1) is 20.0. The first-order valence-electron chi connectivity index (χ1n) is 8.38. The van der Waals surface area contributed by atoms with Crippen LogP contribution in [0.3, 0.4) is 0 Å². The lowest BCUT2D eigenvalue weighted by atomic mass is 9.84. The molecule has 0 aromatic carbocycles. The molecule has 26 heavy (non-hydrogen) atoms. The van der Waals surface area contributed by atoms with Crippen molar-refractivity contribution in [1.82, 2.24) is 15.1 Å². The number of carbonyl (C=O) groups excluding carboxylic acids is 1. The van der Waals surface area contributed by atoms with Crippen LogP contribution in [0.5, 0.6) is 0 Å².